The first-order valence-electron chi connectivity index (χ1n) is 6.94. The molecule has 2 rings (SSSR count). The third kappa shape index (κ3) is 2.89. The van der Waals surface area contributed by atoms with E-state index in [1.165, 1.54) is 26.0 Å². The Balaban J connectivity index is 2.61. The van der Waals surface area contributed by atoms with Gasteiger partial charge < -0.3 is 15.1 Å². The van der Waals surface area contributed by atoms with Crippen LogP contribution in [0, 0.1) is 22.7 Å². The van der Waals surface area contributed by atoms with E-state index in [0.717, 1.165) is 11.0 Å². The zero-order valence-electron chi connectivity index (χ0n) is 12.9. The van der Waals surface area contributed by atoms with Crippen molar-refractivity contribution in [3.63, 3.8) is 0 Å². The summed E-state index contributed by atoms with van der Waals surface area (Å²) in [5.41, 5.74) is -3.00. The third-order valence-corrected chi connectivity index (χ3v) is 3.84. The fraction of sp³-hybridized carbons (Fsp3) is 0.467. The molecule has 1 fully saturated rings. The van der Waals surface area contributed by atoms with Crippen LogP contribution in [0.25, 0.3) is 0 Å². The Bertz CT molecular complexity index is 736. The van der Waals surface area contributed by atoms with Crippen LogP contribution in [0.2, 0.25) is 0 Å². The van der Waals surface area contributed by atoms with Crippen LogP contribution in [0.5, 0.6) is 0 Å². The molecule has 9 heteroatoms. The molecule has 3 N–H and O–H groups in total. The van der Waals surface area contributed by atoms with Crippen molar-refractivity contribution in [2.75, 3.05) is 4.90 Å². The maximum absolute atomic E-state index is 13.1. The molecule has 1 aliphatic rings. The second-order valence-corrected chi connectivity index (χ2v) is 6.08. The first kappa shape index (κ1) is 18.0. The number of hydrogen-bond acceptors (Lipinski definition) is 6. The Morgan fingerprint density at radius 1 is 1.33 bits per heavy atom. The summed E-state index contributed by atoms with van der Waals surface area (Å²) < 4.78 is 39.4. The van der Waals surface area contributed by atoms with E-state index in [-0.39, 0.29) is 5.69 Å². The number of alkyl halides is 3. The largest absolute Gasteiger partial charge is 0.417 e. The SMILES string of the molecule is CC1(C)NC(O)(CC#N)N(c2ccc(C#N)c(C(F)(F)F)c2)C1O. The lowest BCUT2D eigenvalue weighted by molar-refractivity contribution is -0.137. The summed E-state index contributed by atoms with van der Waals surface area (Å²) in [6.07, 6.45) is -6.67. The van der Waals surface area contributed by atoms with Gasteiger partial charge in [0.15, 0.2) is 0 Å². The highest BCUT2D eigenvalue weighted by atomic mass is 19.4. The second kappa shape index (κ2) is 5.64. The van der Waals surface area contributed by atoms with Crippen molar-refractivity contribution in [3.05, 3.63) is 29.3 Å². The van der Waals surface area contributed by atoms with E-state index in [4.69, 9.17) is 10.5 Å². The molecule has 0 aromatic heterocycles. The van der Waals surface area contributed by atoms with Gasteiger partial charge in [-0.1, -0.05) is 0 Å². The zero-order chi connectivity index (χ0) is 18.3. The van der Waals surface area contributed by atoms with Gasteiger partial charge in [-0.3, -0.25) is 5.32 Å². The van der Waals surface area contributed by atoms with Crippen molar-refractivity contribution in [3.8, 4) is 12.1 Å². The van der Waals surface area contributed by atoms with E-state index in [9.17, 15) is 23.4 Å². The summed E-state index contributed by atoms with van der Waals surface area (Å²) in [6, 6.07) is 6.02. The maximum Gasteiger partial charge on any atom is 0.417 e. The molecule has 128 valence electrons. The van der Waals surface area contributed by atoms with Gasteiger partial charge in [-0.05, 0) is 32.0 Å². The molecule has 0 radical (unpaired) electrons. The predicted octanol–water partition coefficient (Wildman–Crippen LogP) is 1.64. The lowest BCUT2D eigenvalue weighted by Gasteiger charge is -2.35. The lowest BCUT2D eigenvalue weighted by Crippen LogP contribution is -2.54. The molecular formula is C15H15F3N4O2. The number of hydrogen-bond donors (Lipinski definition) is 3. The fourth-order valence-corrected chi connectivity index (χ4v) is 2.77. The molecule has 2 unspecified atom stereocenters. The summed E-state index contributed by atoms with van der Waals surface area (Å²) in [7, 11) is 0. The first-order valence-corrected chi connectivity index (χ1v) is 6.94. The Hall–Kier alpha value is -2.33. The molecule has 0 amide bonds. The maximum atomic E-state index is 13.1. The van der Waals surface area contributed by atoms with Crippen molar-refractivity contribution < 1.29 is 23.4 Å². The van der Waals surface area contributed by atoms with Crippen LogP contribution in [0.4, 0.5) is 18.9 Å². The van der Waals surface area contributed by atoms with Crippen LogP contribution in [0.3, 0.4) is 0 Å². The van der Waals surface area contributed by atoms with Crippen molar-refractivity contribution in [2.24, 2.45) is 0 Å². The Morgan fingerprint density at radius 2 is 1.96 bits per heavy atom. The number of rotatable bonds is 2. The molecule has 1 aliphatic heterocycles. The average Bonchev–Trinajstić information content (AvgIpc) is 2.63. The molecular weight excluding hydrogens is 325 g/mol. The predicted molar refractivity (Wildman–Crippen MR) is 77.0 cm³/mol. The Morgan fingerprint density at radius 3 is 2.46 bits per heavy atom. The molecule has 0 bridgehead atoms. The molecule has 0 spiro atoms. The topological polar surface area (TPSA) is 103 Å². The van der Waals surface area contributed by atoms with Gasteiger partial charge in [0.1, 0.15) is 6.23 Å². The summed E-state index contributed by atoms with van der Waals surface area (Å²) in [6.45, 7) is 3.07. The molecule has 1 saturated heterocycles. The number of nitrogens with zero attached hydrogens (tertiary/aromatic N) is 3. The fourth-order valence-electron chi connectivity index (χ4n) is 2.77. The van der Waals surface area contributed by atoms with E-state index in [2.05, 4.69) is 5.32 Å². The summed E-state index contributed by atoms with van der Waals surface area (Å²) in [5.74, 6) is -2.05. The molecule has 1 aromatic rings. The third-order valence-electron chi connectivity index (χ3n) is 3.84. The zero-order valence-corrected chi connectivity index (χ0v) is 12.9. The normalized spacial score (nSPS) is 26.0. The molecule has 0 aliphatic carbocycles. The molecule has 24 heavy (non-hydrogen) atoms. The van der Waals surface area contributed by atoms with Gasteiger partial charge in [-0.2, -0.15) is 23.7 Å². The first-order chi connectivity index (χ1) is 11.0. The minimum absolute atomic E-state index is 0.162. The van der Waals surface area contributed by atoms with Crippen LogP contribution in [-0.4, -0.2) is 27.8 Å². The van der Waals surface area contributed by atoms with E-state index < -0.39 is 41.3 Å². The smallest absolute Gasteiger partial charge is 0.372 e. The quantitative estimate of drug-likeness (QED) is 0.756. The summed E-state index contributed by atoms with van der Waals surface area (Å²) in [4.78, 5) is 0.909. The highest BCUT2D eigenvalue weighted by Gasteiger charge is 2.54. The summed E-state index contributed by atoms with van der Waals surface area (Å²) >= 11 is 0. The molecule has 1 heterocycles. The van der Waals surface area contributed by atoms with Crippen LogP contribution < -0.4 is 10.2 Å². The van der Waals surface area contributed by atoms with Crippen LogP contribution in [0.15, 0.2) is 18.2 Å². The minimum Gasteiger partial charge on any atom is -0.372 e. The van der Waals surface area contributed by atoms with Gasteiger partial charge in [-0.15, -0.1) is 0 Å². The summed E-state index contributed by atoms with van der Waals surface area (Å²) in [5, 5.41) is 41.4. The lowest BCUT2D eigenvalue weighted by atomic mass is 10.0. The van der Waals surface area contributed by atoms with Crippen molar-refractivity contribution in [2.45, 2.75) is 44.1 Å². The van der Waals surface area contributed by atoms with E-state index in [0.29, 0.717) is 6.07 Å². The number of nitrogens with one attached hydrogen (secondary N) is 1. The Kier molecular flexibility index (Phi) is 4.23. The standard InChI is InChI=1S/C15H15F3N4O2/c1-13(2)12(23)22(14(24,21-13)5-6-19)10-4-3-9(8-20)11(7-10)15(16,17)18/h3-4,7,12,21,23-24H,5H2,1-2H3. The van der Waals surface area contributed by atoms with Crippen molar-refractivity contribution in [1.82, 2.24) is 5.32 Å². The van der Waals surface area contributed by atoms with E-state index >= 15 is 0 Å². The van der Waals surface area contributed by atoms with Crippen LogP contribution in [-0.2, 0) is 6.18 Å². The number of anilines is 1. The molecule has 2 atom stereocenters. The van der Waals surface area contributed by atoms with Gasteiger partial charge in [0, 0.05) is 5.69 Å². The molecule has 1 aromatic carbocycles. The van der Waals surface area contributed by atoms with Crippen molar-refractivity contribution in [1.29, 1.82) is 10.5 Å². The minimum atomic E-state index is -4.78. The van der Waals surface area contributed by atoms with E-state index in [1.54, 1.807) is 6.07 Å². The highest BCUT2D eigenvalue weighted by molar-refractivity contribution is 5.57. The van der Waals surface area contributed by atoms with Crippen LogP contribution in [0.1, 0.15) is 31.4 Å². The van der Waals surface area contributed by atoms with E-state index in [1.807, 2.05) is 0 Å². The second-order valence-electron chi connectivity index (χ2n) is 6.08. The van der Waals surface area contributed by atoms with Gasteiger partial charge in [0.2, 0.25) is 5.85 Å². The van der Waals surface area contributed by atoms with Gasteiger partial charge in [0.25, 0.3) is 0 Å². The number of nitriles is 2. The Labute approximate surface area is 136 Å². The van der Waals surface area contributed by atoms with Crippen LogP contribution >= 0.6 is 0 Å². The highest BCUT2D eigenvalue weighted by Crippen LogP contribution is 2.40. The number of aliphatic hydroxyl groups excluding tert-OH is 1. The number of benzene rings is 1. The average molecular weight is 340 g/mol. The van der Waals surface area contributed by atoms with Gasteiger partial charge in [-0.25, -0.2) is 0 Å². The molecule has 6 nitrogen and oxygen atoms in total. The van der Waals surface area contributed by atoms with Crippen molar-refractivity contribution >= 4 is 5.69 Å². The number of aliphatic hydroxyl groups is 2. The van der Waals surface area contributed by atoms with Gasteiger partial charge >= 0.3 is 6.18 Å². The number of halogens is 3. The van der Waals surface area contributed by atoms with Gasteiger partial charge in [0.05, 0.1) is 35.2 Å². The molecule has 0 saturated carbocycles. The monoisotopic (exact) mass is 340 g/mol.